The lowest BCUT2D eigenvalue weighted by Gasteiger charge is -2.27. The van der Waals surface area contributed by atoms with Gasteiger partial charge >= 0.3 is 0 Å². The molecule has 0 atom stereocenters. The molecule has 0 unspecified atom stereocenters. The second kappa shape index (κ2) is 13.4. The van der Waals surface area contributed by atoms with Crippen LogP contribution in [-0.4, -0.2) is 9.97 Å². The number of anilines is 6. The van der Waals surface area contributed by atoms with Crippen LogP contribution in [0.3, 0.4) is 0 Å². The Labute approximate surface area is 336 Å². The van der Waals surface area contributed by atoms with Crippen LogP contribution in [0.2, 0.25) is 0 Å². The number of hydrogen-bond donors (Lipinski definition) is 0. The van der Waals surface area contributed by atoms with Gasteiger partial charge in [-0.05, 0) is 119 Å². The number of fused-ring (bicyclic) bond motifs is 9. The zero-order valence-electron chi connectivity index (χ0n) is 30.1. The highest BCUT2D eigenvalue weighted by atomic mass is 32.1. The van der Waals surface area contributed by atoms with Gasteiger partial charge in [0.15, 0.2) is 0 Å². The summed E-state index contributed by atoms with van der Waals surface area (Å²) in [5.41, 5.74) is 3.62. The summed E-state index contributed by atoms with van der Waals surface area (Å²) in [6.45, 7) is 0. The van der Waals surface area contributed by atoms with Crippen LogP contribution < -0.4 is 9.80 Å². The molecule has 0 aliphatic rings. The van der Waals surface area contributed by atoms with E-state index in [1.807, 2.05) is 119 Å². The Hall–Kier alpha value is -6.88. The van der Waals surface area contributed by atoms with Gasteiger partial charge in [0.05, 0.1) is 11.4 Å². The van der Waals surface area contributed by atoms with E-state index in [1.54, 1.807) is 35.1 Å². The molecule has 0 radical (unpaired) electrons. The minimum Gasteiger partial charge on any atom is -0.310 e. The molecule has 0 saturated carbocycles. The number of aromatic nitrogens is 2. The maximum atomic E-state index is 14.8. The minimum atomic E-state index is -0.675. The molecule has 0 N–H and O–H groups in total. The van der Waals surface area contributed by atoms with E-state index in [0.717, 1.165) is 97.0 Å². The number of nitrogens with zero attached hydrogens (tertiary/aromatic N) is 4. The molecule has 0 aliphatic heterocycles. The third-order valence-corrected chi connectivity index (χ3v) is 12.7. The zero-order chi connectivity index (χ0) is 39.1. The van der Waals surface area contributed by atoms with Crippen molar-refractivity contribution in [3.63, 3.8) is 0 Å². The van der Waals surface area contributed by atoms with Crippen molar-refractivity contribution in [3.05, 3.63) is 181 Å². The lowest BCUT2D eigenvalue weighted by Crippen LogP contribution is -2.11. The highest BCUT2D eigenvalue weighted by Gasteiger charge is 2.20. The van der Waals surface area contributed by atoms with Crippen LogP contribution in [0.1, 0.15) is 0 Å². The molecule has 7 aromatic carbocycles. The van der Waals surface area contributed by atoms with Gasteiger partial charge in [-0.1, -0.05) is 36.4 Å². The average molecular weight is 799 g/mol. The van der Waals surface area contributed by atoms with Crippen LogP contribution >= 0.6 is 22.7 Å². The summed E-state index contributed by atoms with van der Waals surface area (Å²) in [6.07, 6.45) is 3.54. The molecule has 278 valence electrons. The van der Waals surface area contributed by atoms with Gasteiger partial charge in [-0.3, -0.25) is 0 Å². The molecule has 0 saturated heterocycles. The Morgan fingerprint density at radius 2 is 0.724 bits per heavy atom. The summed E-state index contributed by atoms with van der Waals surface area (Å²) in [6, 6.07) is 43.0. The van der Waals surface area contributed by atoms with Gasteiger partial charge in [0.25, 0.3) is 0 Å². The molecule has 4 heterocycles. The van der Waals surface area contributed by atoms with E-state index in [4.69, 9.17) is 0 Å². The van der Waals surface area contributed by atoms with Crippen LogP contribution in [-0.2, 0) is 0 Å². The number of pyridine rings is 2. The smallest absolute Gasteiger partial charge is 0.128 e. The predicted octanol–water partition coefficient (Wildman–Crippen LogP) is 15.0. The molecule has 0 amide bonds. The monoisotopic (exact) mass is 798 g/mol. The number of hydrogen-bond acceptors (Lipinski definition) is 6. The molecule has 0 bridgehead atoms. The van der Waals surface area contributed by atoms with Gasteiger partial charge in [-0.25, -0.2) is 27.5 Å². The van der Waals surface area contributed by atoms with Crippen LogP contribution in [0, 0.1) is 23.3 Å². The minimum absolute atomic E-state index is 0.347. The zero-order valence-corrected chi connectivity index (χ0v) is 31.8. The van der Waals surface area contributed by atoms with E-state index >= 15 is 0 Å². The van der Waals surface area contributed by atoms with Crippen molar-refractivity contribution in [2.45, 2.75) is 0 Å². The van der Waals surface area contributed by atoms with Gasteiger partial charge < -0.3 is 9.80 Å². The lowest BCUT2D eigenvalue weighted by atomic mass is 10.00. The molecule has 0 aliphatic carbocycles. The standard InChI is InChI=1S/C48H26F4N4S2/c49-29-19-30(50)22-37(21-29)55(35-9-13-41-43-3-1-15-53-47(43)57-45(41)25-35)33-7-11-39-27(17-33)5-6-28-18-34(8-12-40(28)39)56(38-23-31(51)20-32(52)24-38)36-10-14-42-44-4-2-16-54-48(44)58-46(42)26-36/h1-26H. The first-order valence-electron chi connectivity index (χ1n) is 18.4. The third-order valence-electron chi connectivity index (χ3n) is 10.5. The number of halogens is 4. The SMILES string of the molecule is Fc1cc(F)cc(N(c2ccc3c(ccc4cc(N(c5cc(F)cc(F)c5)c5ccc6c(c5)sc5ncccc56)ccc43)c2)c2ccc3c(c2)sc2ncccc23)c1. The molecule has 11 rings (SSSR count). The van der Waals surface area contributed by atoms with Crippen molar-refractivity contribution in [1.82, 2.24) is 9.97 Å². The van der Waals surface area contributed by atoms with E-state index in [1.165, 1.54) is 24.3 Å². The van der Waals surface area contributed by atoms with Crippen molar-refractivity contribution >= 4 is 119 Å². The first kappa shape index (κ1) is 34.4. The number of thiophene rings is 2. The summed E-state index contributed by atoms with van der Waals surface area (Å²) in [4.78, 5) is 14.6. The topological polar surface area (TPSA) is 32.3 Å². The lowest BCUT2D eigenvalue weighted by molar-refractivity contribution is 0.583. The fourth-order valence-corrected chi connectivity index (χ4v) is 10.2. The Morgan fingerprint density at radius 1 is 0.345 bits per heavy atom. The molecule has 0 spiro atoms. The van der Waals surface area contributed by atoms with Crippen LogP contribution in [0.15, 0.2) is 158 Å². The van der Waals surface area contributed by atoms with Gasteiger partial charge in [-0.15, -0.1) is 22.7 Å². The Bertz CT molecular complexity index is 3180. The molecule has 10 heteroatoms. The van der Waals surface area contributed by atoms with E-state index in [-0.39, 0.29) is 0 Å². The van der Waals surface area contributed by atoms with Crippen LogP contribution in [0.25, 0.3) is 62.2 Å². The van der Waals surface area contributed by atoms with Gasteiger partial charge in [0.1, 0.15) is 32.9 Å². The van der Waals surface area contributed by atoms with Crippen molar-refractivity contribution in [1.29, 1.82) is 0 Å². The highest BCUT2D eigenvalue weighted by Crippen LogP contribution is 2.44. The Balaban J connectivity index is 1.03. The van der Waals surface area contributed by atoms with E-state index in [9.17, 15) is 17.6 Å². The fourth-order valence-electron chi connectivity index (χ4n) is 8.03. The van der Waals surface area contributed by atoms with Gasteiger partial charge in [0.2, 0.25) is 0 Å². The molecule has 11 aromatic rings. The maximum absolute atomic E-state index is 14.8. The molecular formula is C48H26F4N4S2. The first-order valence-corrected chi connectivity index (χ1v) is 20.0. The van der Waals surface area contributed by atoms with Gasteiger partial charge in [0, 0.05) is 78.2 Å². The maximum Gasteiger partial charge on any atom is 0.128 e. The fraction of sp³-hybridized carbons (Fsp3) is 0. The number of rotatable bonds is 6. The van der Waals surface area contributed by atoms with Gasteiger partial charge in [-0.2, -0.15) is 0 Å². The van der Waals surface area contributed by atoms with Crippen LogP contribution in [0.5, 0.6) is 0 Å². The van der Waals surface area contributed by atoms with Crippen LogP contribution in [0.4, 0.5) is 51.7 Å². The van der Waals surface area contributed by atoms with Crippen molar-refractivity contribution in [2.75, 3.05) is 9.80 Å². The molecule has 4 aromatic heterocycles. The highest BCUT2D eigenvalue weighted by molar-refractivity contribution is 7.25. The molecular weight excluding hydrogens is 773 g/mol. The second-order valence-electron chi connectivity index (χ2n) is 14.1. The quantitative estimate of drug-likeness (QED) is 0.124. The molecule has 58 heavy (non-hydrogen) atoms. The second-order valence-corrected chi connectivity index (χ2v) is 16.1. The molecule has 0 fully saturated rings. The normalized spacial score (nSPS) is 11.8. The Morgan fingerprint density at radius 3 is 1.14 bits per heavy atom. The summed E-state index contributed by atoms with van der Waals surface area (Å²) in [5, 5.41) is 7.99. The summed E-state index contributed by atoms with van der Waals surface area (Å²) < 4.78 is 61.1. The van der Waals surface area contributed by atoms with Crippen molar-refractivity contribution in [2.24, 2.45) is 0 Å². The summed E-state index contributed by atoms with van der Waals surface area (Å²) in [7, 11) is 0. The number of benzene rings is 7. The largest absolute Gasteiger partial charge is 0.310 e. The van der Waals surface area contributed by atoms with E-state index in [0.29, 0.717) is 11.4 Å². The van der Waals surface area contributed by atoms with Crippen molar-refractivity contribution < 1.29 is 17.6 Å². The predicted molar refractivity (Wildman–Crippen MR) is 232 cm³/mol. The molecule has 4 nitrogen and oxygen atoms in total. The summed E-state index contributed by atoms with van der Waals surface area (Å²) >= 11 is 3.14. The third kappa shape index (κ3) is 5.79. The van der Waals surface area contributed by atoms with E-state index in [2.05, 4.69) is 9.97 Å². The van der Waals surface area contributed by atoms with E-state index < -0.39 is 23.3 Å². The summed E-state index contributed by atoms with van der Waals surface area (Å²) in [5.74, 6) is -2.70. The first-order chi connectivity index (χ1) is 28.3. The Kier molecular flexibility index (Phi) is 7.92. The average Bonchev–Trinajstić information content (AvgIpc) is 3.78. The van der Waals surface area contributed by atoms with Crippen molar-refractivity contribution in [3.8, 4) is 0 Å².